The summed E-state index contributed by atoms with van der Waals surface area (Å²) in [5, 5.41) is 0. The van der Waals surface area contributed by atoms with Crippen molar-refractivity contribution in [2.75, 3.05) is 27.2 Å². The van der Waals surface area contributed by atoms with Crippen LogP contribution in [0.4, 0.5) is 0 Å². The molecule has 0 atom stereocenters. The van der Waals surface area contributed by atoms with Crippen LogP contribution < -0.4 is 4.84 Å². The Kier molecular flexibility index (Phi) is 6.08. The average Bonchev–Trinajstić information content (AvgIpc) is 2.02. The van der Waals surface area contributed by atoms with Crippen molar-refractivity contribution >= 4 is 17.7 Å². The molecule has 14 heavy (non-hydrogen) atoms. The van der Waals surface area contributed by atoms with Crippen LogP contribution in [0.5, 0.6) is 0 Å². The van der Waals surface area contributed by atoms with Gasteiger partial charge < -0.3 is 9.64 Å². The Labute approximate surface area is 90.7 Å². The Morgan fingerprint density at radius 2 is 2.07 bits per heavy atom. The number of hydrogen-bond donors (Lipinski definition) is 1. The third-order valence-corrected chi connectivity index (χ3v) is 2.16. The second kappa shape index (κ2) is 6.22. The number of nitrogens with zero attached hydrogens (tertiary/aromatic N) is 1. The minimum atomic E-state index is -0.420. The number of rotatable bonds is 6. The van der Waals surface area contributed by atoms with Gasteiger partial charge in [-0.15, -0.1) is 0 Å². The molecule has 0 saturated heterocycles. The van der Waals surface area contributed by atoms with Gasteiger partial charge >= 0.3 is 5.97 Å². The van der Waals surface area contributed by atoms with E-state index in [1.807, 2.05) is 32.8 Å². The van der Waals surface area contributed by atoms with E-state index in [0.717, 1.165) is 6.54 Å². The van der Waals surface area contributed by atoms with Crippen LogP contribution in [0.15, 0.2) is 0 Å². The van der Waals surface area contributed by atoms with Crippen molar-refractivity contribution in [1.29, 1.82) is 0 Å². The molecule has 0 unspecified atom stereocenters. The summed E-state index contributed by atoms with van der Waals surface area (Å²) < 4.78 is 5.01. The minimum absolute atomic E-state index is 0.231. The summed E-state index contributed by atoms with van der Waals surface area (Å²) in [5.41, 5.74) is -0.420. The summed E-state index contributed by atoms with van der Waals surface area (Å²) in [6.07, 6.45) is 0.268. The molecule has 0 fully saturated rings. The Bertz CT molecular complexity index is 184. The van der Waals surface area contributed by atoms with Gasteiger partial charge in [-0.05, 0) is 39.7 Å². The third kappa shape index (κ3) is 7.12. The van der Waals surface area contributed by atoms with Crippen molar-refractivity contribution in [1.82, 2.24) is 9.74 Å². The first-order valence-electron chi connectivity index (χ1n) is 4.55. The molecule has 0 aromatic rings. The molecule has 0 aliphatic heterocycles. The summed E-state index contributed by atoms with van der Waals surface area (Å²) in [7, 11) is 3.86. The van der Waals surface area contributed by atoms with Crippen molar-refractivity contribution in [2.24, 2.45) is 0 Å². The van der Waals surface area contributed by atoms with E-state index in [0.29, 0.717) is 6.61 Å². The van der Waals surface area contributed by atoms with Crippen molar-refractivity contribution in [3.05, 3.63) is 0 Å². The first-order chi connectivity index (χ1) is 6.37. The second-order valence-electron chi connectivity index (χ2n) is 4.18. The van der Waals surface area contributed by atoms with E-state index in [1.165, 1.54) is 0 Å². The van der Waals surface area contributed by atoms with Gasteiger partial charge in [-0.3, -0.25) is 4.79 Å². The van der Waals surface area contributed by atoms with Gasteiger partial charge in [0.15, 0.2) is 0 Å². The number of likely N-dealkylation sites (N-methyl/N-ethyl adjacent to an activating group) is 1. The molecular formula is C9H19ClN2O2. The molecular weight excluding hydrogens is 204 g/mol. The van der Waals surface area contributed by atoms with E-state index in [9.17, 15) is 4.79 Å². The van der Waals surface area contributed by atoms with Gasteiger partial charge in [0, 0.05) is 12.1 Å². The Morgan fingerprint density at radius 3 is 2.50 bits per heavy atom. The summed E-state index contributed by atoms with van der Waals surface area (Å²) in [4.78, 5) is 15.7. The maximum Gasteiger partial charge on any atom is 0.307 e. The highest BCUT2D eigenvalue weighted by Crippen LogP contribution is 2.09. The summed E-state index contributed by atoms with van der Waals surface area (Å²) >= 11 is 5.46. The van der Waals surface area contributed by atoms with E-state index in [4.69, 9.17) is 16.5 Å². The molecule has 0 rings (SSSR count). The zero-order chi connectivity index (χ0) is 11.2. The van der Waals surface area contributed by atoms with Gasteiger partial charge in [-0.25, -0.2) is 4.84 Å². The highest BCUT2D eigenvalue weighted by atomic mass is 35.5. The van der Waals surface area contributed by atoms with Gasteiger partial charge in [-0.2, -0.15) is 0 Å². The van der Waals surface area contributed by atoms with E-state index in [-0.39, 0.29) is 12.4 Å². The maximum absolute atomic E-state index is 11.3. The molecule has 0 saturated carbocycles. The van der Waals surface area contributed by atoms with Crippen LogP contribution in [0.25, 0.3) is 0 Å². The molecule has 0 heterocycles. The van der Waals surface area contributed by atoms with Crippen molar-refractivity contribution in [3.63, 3.8) is 0 Å². The molecule has 0 aliphatic rings. The van der Waals surface area contributed by atoms with Gasteiger partial charge in [0.2, 0.25) is 0 Å². The molecule has 4 nitrogen and oxygen atoms in total. The summed E-state index contributed by atoms with van der Waals surface area (Å²) in [5.74, 6) is -0.231. The molecule has 0 radical (unpaired) electrons. The second-order valence-corrected chi connectivity index (χ2v) is 4.37. The highest BCUT2D eigenvalue weighted by Gasteiger charge is 2.21. The van der Waals surface area contributed by atoms with Gasteiger partial charge in [-0.1, -0.05) is 0 Å². The lowest BCUT2D eigenvalue weighted by molar-refractivity contribution is -0.145. The topological polar surface area (TPSA) is 41.6 Å². The molecule has 0 aromatic carbocycles. The van der Waals surface area contributed by atoms with Crippen LogP contribution in [0.3, 0.4) is 0 Å². The number of esters is 1. The quantitative estimate of drug-likeness (QED) is 0.538. The van der Waals surface area contributed by atoms with E-state index >= 15 is 0 Å². The third-order valence-electron chi connectivity index (χ3n) is 1.64. The van der Waals surface area contributed by atoms with Crippen molar-refractivity contribution in [3.8, 4) is 0 Å². The average molecular weight is 223 g/mol. The fourth-order valence-electron chi connectivity index (χ4n) is 0.787. The minimum Gasteiger partial charge on any atom is -0.464 e. The number of hydrogen-bond acceptors (Lipinski definition) is 4. The molecule has 0 amide bonds. The fraction of sp³-hybridized carbons (Fsp3) is 0.889. The van der Waals surface area contributed by atoms with Crippen molar-refractivity contribution in [2.45, 2.75) is 25.8 Å². The number of halogens is 1. The molecule has 1 N–H and O–H groups in total. The van der Waals surface area contributed by atoms with Crippen LogP contribution >= 0.6 is 11.8 Å². The predicted molar refractivity (Wildman–Crippen MR) is 57.2 cm³/mol. The number of nitrogens with one attached hydrogen (secondary N) is 1. The summed E-state index contributed by atoms with van der Waals surface area (Å²) in [6.45, 7) is 4.84. The first-order valence-corrected chi connectivity index (χ1v) is 4.93. The number of ether oxygens (including phenoxy) is 1. The van der Waals surface area contributed by atoms with Crippen molar-refractivity contribution < 1.29 is 9.53 Å². The van der Waals surface area contributed by atoms with Crippen LogP contribution in [0, 0.1) is 0 Å². The SMILES string of the molecule is CN(C)CCOC(=O)CC(C)(C)NCl. The number of carbonyl (C=O) groups excluding carboxylic acids is 1. The zero-order valence-corrected chi connectivity index (χ0v) is 10.0. The molecule has 84 valence electrons. The largest absolute Gasteiger partial charge is 0.464 e. The lowest BCUT2D eigenvalue weighted by Crippen LogP contribution is -2.36. The molecule has 0 spiro atoms. The highest BCUT2D eigenvalue weighted by molar-refractivity contribution is 6.14. The van der Waals surface area contributed by atoms with Crippen LogP contribution in [-0.2, 0) is 9.53 Å². The van der Waals surface area contributed by atoms with E-state index in [2.05, 4.69) is 4.84 Å². The summed E-state index contributed by atoms with van der Waals surface area (Å²) in [6, 6.07) is 0. The van der Waals surface area contributed by atoms with Gasteiger partial charge in [0.1, 0.15) is 6.61 Å². The number of carbonyl (C=O) groups is 1. The molecule has 0 bridgehead atoms. The lowest BCUT2D eigenvalue weighted by atomic mass is 10.0. The first kappa shape index (κ1) is 13.7. The standard InChI is InChI=1S/C9H19ClN2O2/c1-9(2,11-10)7-8(13)14-6-5-12(3)4/h11H,5-7H2,1-4H3. The van der Waals surface area contributed by atoms with Gasteiger partial charge in [0.05, 0.1) is 6.42 Å². The lowest BCUT2D eigenvalue weighted by Gasteiger charge is -2.20. The predicted octanol–water partition coefficient (Wildman–Crippen LogP) is 1.00. The van der Waals surface area contributed by atoms with Crippen LogP contribution in [0.1, 0.15) is 20.3 Å². The maximum atomic E-state index is 11.3. The normalized spacial score (nSPS) is 11.9. The fourth-order valence-corrected chi connectivity index (χ4v) is 0.854. The van der Waals surface area contributed by atoms with E-state index < -0.39 is 5.54 Å². The smallest absolute Gasteiger partial charge is 0.307 e. The zero-order valence-electron chi connectivity index (χ0n) is 9.26. The van der Waals surface area contributed by atoms with Crippen LogP contribution in [-0.4, -0.2) is 43.7 Å². The van der Waals surface area contributed by atoms with Gasteiger partial charge in [0.25, 0.3) is 0 Å². The molecule has 0 aliphatic carbocycles. The monoisotopic (exact) mass is 222 g/mol. The molecule has 0 aromatic heterocycles. The Balaban J connectivity index is 3.66. The molecule has 5 heteroatoms. The van der Waals surface area contributed by atoms with Crippen LogP contribution in [0.2, 0.25) is 0 Å². The Hall–Kier alpha value is -0.320. The Morgan fingerprint density at radius 1 is 1.50 bits per heavy atom. The van der Waals surface area contributed by atoms with E-state index in [1.54, 1.807) is 0 Å².